The molecule has 0 bridgehead atoms. The number of ether oxygens (including phenoxy) is 4. The molecule has 4 rings (SSSR count). The predicted octanol–water partition coefficient (Wildman–Crippen LogP) is 4.08. The Balaban J connectivity index is 1.47. The summed E-state index contributed by atoms with van der Waals surface area (Å²) in [6.07, 6.45) is 0.501. The minimum atomic E-state index is -0.847. The first kappa shape index (κ1) is 22.4. The first-order valence-electron chi connectivity index (χ1n) is 9.52. The molecule has 1 aromatic heterocycles. The Bertz CT molecular complexity index is 1290. The number of hydrogen-bond donors (Lipinski definition) is 1. The van der Waals surface area contributed by atoms with E-state index in [4.69, 9.17) is 23.4 Å². The Hall–Kier alpha value is -3.77. The number of carbonyl (C=O) groups is 2. The summed E-state index contributed by atoms with van der Waals surface area (Å²) in [4.78, 5) is 37.8. The highest BCUT2D eigenvalue weighted by Crippen LogP contribution is 2.40. The Morgan fingerprint density at radius 1 is 1.12 bits per heavy atom. The van der Waals surface area contributed by atoms with Crippen molar-refractivity contribution in [3.8, 4) is 27.8 Å². The maximum atomic E-state index is 13.2. The van der Waals surface area contributed by atoms with E-state index in [0.717, 1.165) is 0 Å². The molecule has 0 unspecified atom stereocenters. The van der Waals surface area contributed by atoms with Crippen LogP contribution in [0.1, 0.15) is 10.6 Å². The molecule has 0 saturated carbocycles. The fraction of sp³-hybridized carbons (Fsp3) is 0.190. The Morgan fingerprint density at radius 2 is 1.94 bits per heavy atom. The van der Waals surface area contributed by atoms with E-state index < -0.39 is 17.6 Å². The van der Waals surface area contributed by atoms with Gasteiger partial charge in [0.1, 0.15) is 30.4 Å². The highest BCUT2D eigenvalue weighted by Gasteiger charge is 2.27. The average Bonchev–Trinajstić information content (AvgIpc) is 3.57. The van der Waals surface area contributed by atoms with Crippen LogP contribution < -0.4 is 20.3 Å². The molecule has 33 heavy (non-hydrogen) atoms. The number of anilines is 1. The summed E-state index contributed by atoms with van der Waals surface area (Å²) in [5, 5.41) is 4.32. The minimum absolute atomic E-state index is 0.0482. The van der Waals surface area contributed by atoms with Crippen LogP contribution in [0.3, 0.4) is 0 Å². The van der Waals surface area contributed by atoms with Crippen LogP contribution in [0.25, 0.3) is 16.3 Å². The quantitative estimate of drug-likeness (QED) is 0.223. The first-order valence-corrected chi connectivity index (χ1v) is 11.7. The van der Waals surface area contributed by atoms with Crippen molar-refractivity contribution in [2.75, 3.05) is 32.8 Å². The van der Waals surface area contributed by atoms with Gasteiger partial charge < -0.3 is 23.4 Å². The second-order valence-electron chi connectivity index (χ2n) is 6.44. The first-order chi connectivity index (χ1) is 16.0. The van der Waals surface area contributed by atoms with Crippen molar-refractivity contribution in [1.29, 1.82) is 0 Å². The van der Waals surface area contributed by atoms with Gasteiger partial charge in [-0.3, -0.25) is 14.7 Å². The topological polar surface area (TPSA) is 118 Å². The molecule has 0 aliphatic carbocycles. The average molecular weight is 491 g/mol. The molecule has 2 aliphatic rings. The van der Waals surface area contributed by atoms with Gasteiger partial charge in [-0.25, -0.2) is 9.59 Å². The molecule has 1 N–H and O–H groups in total. The van der Waals surface area contributed by atoms with Crippen LogP contribution in [0.2, 0.25) is 0 Å². The summed E-state index contributed by atoms with van der Waals surface area (Å²) in [7, 11) is 5.79. The number of rotatable bonds is 8. The molecule has 2 aliphatic heterocycles. The Morgan fingerprint density at radius 3 is 2.67 bits per heavy atom. The van der Waals surface area contributed by atoms with Crippen molar-refractivity contribution in [3.05, 3.63) is 58.1 Å². The number of esters is 1. The molecule has 1 aromatic carbocycles. The molecule has 2 aromatic rings. The van der Waals surface area contributed by atoms with E-state index in [0.29, 0.717) is 27.8 Å². The highest BCUT2D eigenvalue weighted by molar-refractivity contribution is 7.70. The molecular formula is C21H18N2O8S2. The van der Waals surface area contributed by atoms with Crippen molar-refractivity contribution in [3.63, 3.8) is 0 Å². The number of hydrogen-bond acceptors (Lipinski definition) is 10. The van der Waals surface area contributed by atoms with Crippen molar-refractivity contribution < 1.29 is 33.0 Å². The monoisotopic (exact) mass is 490 g/mol. The Labute approximate surface area is 194 Å². The number of benzene rings is 1. The van der Waals surface area contributed by atoms with Gasteiger partial charge in [-0.15, -0.1) is 0 Å². The lowest BCUT2D eigenvalue weighted by Gasteiger charge is -2.11. The molecule has 0 fully saturated rings. The van der Waals surface area contributed by atoms with Crippen molar-refractivity contribution in [2.24, 2.45) is 0 Å². The number of methoxy groups -OCH3 is 2. The zero-order valence-electron chi connectivity index (χ0n) is 17.5. The second-order valence-corrected chi connectivity index (χ2v) is 8.52. The summed E-state index contributed by atoms with van der Waals surface area (Å²) in [6, 6.07) is 8.10. The molecule has 1 amide bonds. The third-order valence-corrected chi connectivity index (χ3v) is 6.61. The molecule has 0 spiro atoms. The third kappa shape index (κ3) is 4.56. The van der Waals surface area contributed by atoms with Gasteiger partial charge in [-0.05, 0) is 24.3 Å². The lowest BCUT2D eigenvalue weighted by atomic mass is 10.2. The van der Waals surface area contributed by atoms with E-state index in [1.807, 2.05) is 5.38 Å². The van der Waals surface area contributed by atoms with Gasteiger partial charge >= 0.3 is 12.1 Å². The largest absolute Gasteiger partial charge is 0.497 e. The standard InChI is InChI=1S/C21H18N2O8S2/c1-27-12-5-6-13(16(10-12)28-2)23-14-11-32-33-18(14)17(19(23)24)22-21(26)31-9-8-30-20(25)15-4-3-7-29-15/h3-7,10-11H,8-9H2,1-2H3,(H,22,26). The van der Waals surface area contributed by atoms with Crippen molar-refractivity contribution in [1.82, 2.24) is 4.57 Å². The van der Waals surface area contributed by atoms with E-state index in [2.05, 4.69) is 5.32 Å². The smallest absolute Gasteiger partial charge is 0.411 e. The van der Waals surface area contributed by atoms with Crippen LogP contribution in [0, 0.1) is 0 Å². The zero-order chi connectivity index (χ0) is 23.4. The number of furan rings is 1. The fourth-order valence-electron chi connectivity index (χ4n) is 3.05. The summed E-state index contributed by atoms with van der Waals surface area (Å²) < 4.78 is 27.0. The number of carbonyl (C=O) groups excluding carboxylic acids is 2. The molecule has 3 heterocycles. The number of fused-ring (bicyclic) bond motifs is 1. The number of nitrogens with one attached hydrogen (secondary N) is 1. The van der Waals surface area contributed by atoms with Gasteiger partial charge in [-0.2, -0.15) is 0 Å². The number of nitrogens with zero attached hydrogens (tertiary/aromatic N) is 1. The van der Waals surface area contributed by atoms with Crippen LogP contribution >= 0.6 is 20.7 Å². The SMILES string of the molecule is COc1ccc(-n2c3cssc-3c(NC(=O)OCCOC(=O)c3ccco3)c2=O)c(OC)c1. The summed E-state index contributed by atoms with van der Waals surface area (Å²) >= 11 is 0. The van der Waals surface area contributed by atoms with Crippen molar-refractivity contribution >= 4 is 38.4 Å². The molecule has 10 nitrogen and oxygen atoms in total. The third-order valence-electron chi connectivity index (χ3n) is 4.54. The maximum absolute atomic E-state index is 13.2. The van der Waals surface area contributed by atoms with E-state index >= 15 is 0 Å². The molecule has 0 atom stereocenters. The highest BCUT2D eigenvalue weighted by atomic mass is 32.9. The summed E-state index contributed by atoms with van der Waals surface area (Å²) in [5.41, 5.74) is 0.784. The molecule has 0 saturated heterocycles. The molecule has 12 heteroatoms. The summed E-state index contributed by atoms with van der Waals surface area (Å²) in [5.74, 6) is 0.395. The Kier molecular flexibility index (Phi) is 6.66. The second kappa shape index (κ2) is 9.79. The molecule has 0 radical (unpaired) electrons. The summed E-state index contributed by atoms with van der Waals surface area (Å²) in [6.45, 7) is -0.368. The lowest BCUT2D eigenvalue weighted by Crippen LogP contribution is -2.23. The van der Waals surface area contributed by atoms with Gasteiger partial charge in [0, 0.05) is 11.4 Å². The van der Waals surface area contributed by atoms with Crippen LogP contribution in [-0.4, -0.2) is 44.1 Å². The normalized spacial score (nSPS) is 10.7. The van der Waals surface area contributed by atoms with Crippen LogP contribution in [0.4, 0.5) is 10.5 Å². The van der Waals surface area contributed by atoms with Gasteiger partial charge in [0.25, 0.3) is 5.56 Å². The van der Waals surface area contributed by atoms with Crippen LogP contribution in [0.5, 0.6) is 11.5 Å². The van der Waals surface area contributed by atoms with Gasteiger partial charge in [-0.1, -0.05) is 20.7 Å². The van der Waals surface area contributed by atoms with Gasteiger partial charge in [0.05, 0.1) is 36.7 Å². The molecular weight excluding hydrogens is 472 g/mol. The lowest BCUT2D eigenvalue weighted by molar-refractivity contribution is 0.0378. The van der Waals surface area contributed by atoms with E-state index in [-0.39, 0.29) is 24.7 Å². The van der Waals surface area contributed by atoms with Crippen LogP contribution in [-0.2, 0) is 9.47 Å². The molecule has 172 valence electrons. The number of amides is 1. The minimum Gasteiger partial charge on any atom is -0.497 e. The van der Waals surface area contributed by atoms with E-state index in [9.17, 15) is 14.4 Å². The van der Waals surface area contributed by atoms with E-state index in [1.54, 1.807) is 24.3 Å². The number of aromatic nitrogens is 1. The predicted molar refractivity (Wildman–Crippen MR) is 121 cm³/mol. The zero-order valence-corrected chi connectivity index (χ0v) is 19.1. The maximum Gasteiger partial charge on any atom is 0.411 e. The van der Waals surface area contributed by atoms with Crippen LogP contribution in [0.15, 0.2) is 51.2 Å². The van der Waals surface area contributed by atoms with Gasteiger partial charge in [0.2, 0.25) is 5.76 Å². The van der Waals surface area contributed by atoms with E-state index in [1.165, 1.54) is 51.8 Å². The van der Waals surface area contributed by atoms with Crippen molar-refractivity contribution in [2.45, 2.75) is 0 Å². The fourth-order valence-corrected chi connectivity index (χ4v) is 5.25. The van der Waals surface area contributed by atoms with Gasteiger partial charge in [0.15, 0.2) is 0 Å².